The van der Waals surface area contributed by atoms with E-state index in [-0.39, 0.29) is 5.56 Å². The largest absolute Gasteiger partial charge is 0.497 e. The van der Waals surface area contributed by atoms with Crippen molar-refractivity contribution in [2.75, 3.05) is 13.2 Å². The van der Waals surface area contributed by atoms with Crippen LogP contribution in [0.4, 0.5) is 18.0 Å². The summed E-state index contributed by atoms with van der Waals surface area (Å²) in [5.41, 5.74) is -3.20. The van der Waals surface area contributed by atoms with Crippen molar-refractivity contribution >= 4 is 22.4 Å². The van der Waals surface area contributed by atoms with Crippen LogP contribution in [0.25, 0.3) is 0 Å². The van der Waals surface area contributed by atoms with E-state index in [2.05, 4.69) is 0 Å². The molecule has 1 unspecified atom stereocenters. The second-order valence-electron chi connectivity index (χ2n) is 9.95. The molecule has 1 aromatic carbocycles. The maximum atomic E-state index is 13.0. The highest BCUT2D eigenvalue weighted by atomic mass is 32.2. The summed E-state index contributed by atoms with van der Waals surface area (Å²) in [6, 6.07) is 2.43. The van der Waals surface area contributed by atoms with Crippen LogP contribution in [0.2, 0.25) is 0 Å². The Labute approximate surface area is 191 Å². The summed E-state index contributed by atoms with van der Waals surface area (Å²) >= 11 is 0. The van der Waals surface area contributed by atoms with Crippen LogP contribution in [-0.4, -0.2) is 49.2 Å². The quantitative estimate of drug-likeness (QED) is 0.467. The molecule has 1 heterocycles. The summed E-state index contributed by atoms with van der Waals surface area (Å²) in [6.45, 7) is 7.79. The molecule has 1 amide bonds. The number of carbonyl (C=O) groups excluding carboxylic acids is 2. The van der Waals surface area contributed by atoms with E-state index in [1.54, 1.807) is 20.8 Å². The molecule has 33 heavy (non-hydrogen) atoms. The Kier molecular flexibility index (Phi) is 7.01. The number of hydrogen-bond donors (Lipinski definition) is 0. The number of rotatable bonds is 4. The summed E-state index contributed by atoms with van der Waals surface area (Å²) in [4.78, 5) is 24.7. The standard InChI is InChI=1S/C21H28F3NO7S/c1-19(2,3)17(26)31-11-15(13-7-9-14(10-8-13)21(22,23)24)16-12-32-33(29,30)25(16,18(27)28)20(4,5)6/h7-10,15-16H,11-12H2,1-6H3/t15-,16+,25?/m0/s1. The first-order valence-corrected chi connectivity index (χ1v) is 11.5. The van der Waals surface area contributed by atoms with E-state index in [1.807, 2.05) is 0 Å². The van der Waals surface area contributed by atoms with Crippen LogP contribution in [0.15, 0.2) is 24.3 Å². The first-order valence-electron chi connectivity index (χ1n) is 10.1. The van der Waals surface area contributed by atoms with E-state index in [4.69, 9.17) is 8.92 Å². The molecule has 12 heteroatoms. The van der Waals surface area contributed by atoms with Crippen molar-refractivity contribution in [3.05, 3.63) is 35.4 Å². The molecule has 0 aliphatic carbocycles. The first kappa shape index (κ1) is 27.1. The van der Waals surface area contributed by atoms with Crippen LogP contribution in [0.5, 0.6) is 0 Å². The number of carbonyl (C=O) groups is 2. The Hall–Kier alpha value is -2.18. The number of hydrogen-bond acceptors (Lipinski definition) is 7. The van der Waals surface area contributed by atoms with Gasteiger partial charge in [-0.05, 0) is 59.2 Å². The Morgan fingerprint density at radius 2 is 1.64 bits per heavy atom. The first-order chi connectivity index (χ1) is 14.8. The molecular weight excluding hydrogens is 467 g/mol. The topological polar surface area (TPSA) is 110 Å². The van der Waals surface area contributed by atoms with Crippen LogP contribution < -0.4 is 5.11 Å². The Morgan fingerprint density at radius 1 is 1.12 bits per heavy atom. The minimum absolute atomic E-state index is 0.156. The fourth-order valence-corrected chi connectivity index (χ4v) is 5.81. The highest BCUT2D eigenvalue weighted by Crippen LogP contribution is 2.45. The van der Waals surface area contributed by atoms with E-state index in [0.717, 1.165) is 24.3 Å². The van der Waals surface area contributed by atoms with Gasteiger partial charge in [-0.1, -0.05) is 12.1 Å². The lowest BCUT2D eigenvalue weighted by molar-refractivity contribution is -0.826. The van der Waals surface area contributed by atoms with Crippen molar-refractivity contribution in [2.24, 2.45) is 5.41 Å². The van der Waals surface area contributed by atoms with Crippen molar-refractivity contribution in [1.82, 2.24) is 0 Å². The van der Waals surface area contributed by atoms with Gasteiger partial charge in [-0.15, -0.1) is 12.3 Å². The third-order valence-electron chi connectivity index (χ3n) is 5.61. The fourth-order valence-electron chi connectivity index (χ4n) is 3.94. The third-order valence-corrected chi connectivity index (χ3v) is 7.72. The molecular formula is C21H28F3NO7S. The van der Waals surface area contributed by atoms with Crippen LogP contribution >= 0.6 is 0 Å². The molecule has 1 fully saturated rings. The van der Waals surface area contributed by atoms with Crippen molar-refractivity contribution < 1.29 is 49.1 Å². The number of quaternary nitrogens is 1. The normalized spacial score (nSPS) is 24.3. The number of esters is 1. The van der Waals surface area contributed by atoms with Crippen molar-refractivity contribution in [3.8, 4) is 0 Å². The fraction of sp³-hybridized carbons (Fsp3) is 0.619. The van der Waals surface area contributed by atoms with Crippen LogP contribution in [0.1, 0.15) is 58.6 Å². The number of halogens is 3. The van der Waals surface area contributed by atoms with Gasteiger partial charge in [0.25, 0.3) is 6.09 Å². The second-order valence-corrected chi connectivity index (χ2v) is 11.6. The molecule has 0 saturated carbocycles. The van der Waals surface area contributed by atoms with Gasteiger partial charge < -0.3 is 14.6 Å². The molecule has 1 aliphatic heterocycles. The molecule has 0 N–H and O–H groups in total. The van der Waals surface area contributed by atoms with E-state index in [0.29, 0.717) is 0 Å². The smallest absolute Gasteiger partial charge is 0.442 e. The lowest BCUT2D eigenvalue weighted by Gasteiger charge is -2.46. The van der Waals surface area contributed by atoms with Crippen LogP contribution in [0.3, 0.4) is 0 Å². The van der Waals surface area contributed by atoms with E-state index in [1.165, 1.54) is 20.8 Å². The van der Waals surface area contributed by atoms with E-state index in [9.17, 15) is 36.3 Å². The molecule has 2 rings (SSSR count). The predicted octanol–water partition coefficient (Wildman–Crippen LogP) is 2.98. The molecule has 1 saturated heterocycles. The van der Waals surface area contributed by atoms with Gasteiger partial charge in [0.1, 0.15) is 24.8 Å². The summed E-state index contributed by atoms with van der Waals surface area (Å²) in [7, 11) is -4.75. The molecule has 1 aliphatic rings. The average molecular weight is 496 g/mol. The molecule has 0 radical (unpaired) electrons. The highest BCUT2D eigenvalue weighted by Gasteiger charge is 2.66. The Morgan fingerprint density at radius 3 is 2.03 bits per heavy atom. The number of nitrogens with zero attached hydrogens (tertiary/aromatic N) is 1. The number of alkyl halides is 3. The zero-order valence-corrected chi connectivity index (χ0v) is 20.0. The number of carboxylic acid groups (broad SMARTS) is 1. The van der Waals surface area contributed by atoms with E-state index < -0.39 is 74.1 Å². The molecule has 0 bridgehead atoms. The SMILES string of the molecule is CC(C)(C)C(=O)OC[C@@H](c1ccc(C(F)(F)F)cc1)[C@H]1COS(=O)(=O)[N+]1(C(=O)[O-])C(C)(C)C. The van der Waals surface area contributed by atoms with E-state index >= 15 is 0 Å². The average Bonchev–Trinajstić information content (AvgIpc) is 2.92. The summed E-state index contributed by atoms with van der Waals surface area (Å²) in [6.07, 6.45) is -6.56. The predicted molar refractivity (Wildman–Crippen MR) is 109 cm³/mol. The Balaban J connectivity index is 2.66. The van der Waals surface area contributed by atoms with Gasteiger partial charge in [0.05, 0.1) is 16.9 Å². The maximum absolute atomic E-state index is 13.0. The molecule has 0 spiro atoms. The van der Waals surface area contributed by atoms with Gasteiger partial charge in [-0.25, -0.2) is 4.18 Å². The number of ether oxygens (including phenoxy) is 1. The summed E-state index contributed by atoms with van der Waals surface area (Å²) in [5, 5.41) is 12.4. The minimum atomic E-state index is -4.75. The van der Waals surface area contributed by atoms with Gasteiger partial charge >= 0.3 is 22.4 Å². The summed E-state index contributed by atoms with van der Waals surface area (Å²) < 4.78 is 73.5. The van der Waals surface area contributed by atoms with Gasteiger partial charge in [0.15, 0.2) is 0 Å². The zero-order chi connectivity index (χ0) is 25.6. The number of benzene rings is 1. The molecule has 3 atom stereocenters. The van der Waals surface area contributed by atoms with Crippen LogP contribution in [-0.2, 0) is 30.2 Å². The lowest BCUT2D eigenvalue weighted by atomic mass is 9.88. The molecule has 186 valence electrons. The minimum Gasteiger partial charge on any atom is -0.497 e. The van der Waals surface area contributed by atoms with Gasteiger partial charge in [0, 0.05) is 0 Å². The maximum Gasteiger partial charge on any atom is 0.442 e. The Bertz CT molecular complexity index is 1010. The second kappa shape index (κ2) is 8.55. The van der Waals surface area contributed by atoms with Crippen LogP contribution in [0, 0.1) is 5.41 Å². The lowest BCUT2D eigenvalue weighted by Crippen LogP contribution is -2.72. The van der Waals surface area contributed by atoms with Crippen molar-refractivity contribution in [1.29, 1.82) is 0 Å². The van der Waals surface area contributed by atoms with Gasteiger partial charge in [-0.2, -0.15) is 13.2 Å². The van der Waals surface area contributed by atoms with Crippen molar-refractivity contribution in [3.63, 3.8) is 0 Å². The number of amides is 1. The zero-order valence-electron chi connectivity index (χ0n) is 19.2. The molecule has 1 aromatic rings. The highest BCUT2D eigenvalue weighted by molar-refractivity contribution is 7.81. The molecule has 0 aromatic heterocycles. The van der Waals surface area contributed by atoms with Gasteiger partial charge in [-0.3, -0.25) is 4.79 Å². The monoisotopic (exact) mass is 495 g/mol. The third kappa shape index (κ3) is 4.87. The molecule has 8 nitrogen and oxygen atoms in total. The van der Waals surface area contributed by atoms with Crippen molar-refractivity contribution in [2.45, 2.75) is 65.2 Å². The summed E-state index contributed by atoms with van der Waals surface area (Å²) in [5.74, 6) is -1.78. The van der Waals surface area contributed by atoms with Gasteiger partial charge in [0.2, 0.25) is 0 Å².